The molecule has 0 aromatic carbocycles. The first-order chi connectivity index (χ1) is 8.10. The fraction of sp³-hybridized carbons (Fsp3) is 0.100. The maximum Gasteiger partial charge on any atom is 0.354 e. The van der Waals surface area contributed by atoms with E-state index in [1.807, 2.05) is 17.7 Å². The van der Waals surface area contributed by atoms with Crippen LogP contribution in [0, 0.1) is 0 Å². The zero-order valence-corrected chi connectivity index (χ0v) is 11.9. The van der Waals surface area contributed by atoms with Crippen LogP contribution < -0.4 is 0 Å². The van der Waals surface area contributed by atoms with Gasteiger partial charge < -0.3 is 5.11 Å². The zero-order valence-electron chi connectivity index (χ0n) is 8.68. The summed E-state index contributed by atoms with van der Waals surface area (Å²) in [6, 6.07) is 3.34. The molecule has 0 saturated heterocycles. The number of thioether (sulfide) groups is 1. The van der Waals surface area contributed by atoms with E-state index in [0.29, 0.717) is 10.9 Å². The van der Waals surface area contributed by atoms with Crippen LogP contribution in [0.25, 0.3) is 10.7 Å². The van der Waals surface area contributed by atoms with Crippen molar-refractivity contribution < 1.29 is 9.90 Å². The van der Waals surface area contributed by atoms with Gasteiger partial charge in [0.15, 0.2) is 11.5 Å². The average molecular weight is 331 g/mol. The first-order valence-corrected chi connectivity index (χ1v) is 7.40. The predicted molar refractivity (Wildman–Crippen MR) is 71.8 cm³/mol. The second-order valence-electron chi connectivity index (χ2n) is 3.05. The standard InChI is InChI=1S/C10H7BrN2O2S2/c1-16-8-3-6(10(14)15)12-9(13-8)7-2-5(11)4-17-7/h2-4H,1H3,(H,14,15). The molecular formula is C10H7BrN2O2S2. The van der Waals surface area contributed by atoms with Crippen molar-refractivity contribution in [2.75, 3.05) is 6.26 Å². The van der Waals surface area contributed by atoms with E-state index in [4.69, 9.17) is 5.11 Å². The SMILES string of the molecule is CSc1cc(C(=O)O)nc(-c2cc(Br)cs2)n1. The molecule has 0 amide bonds. The number of thiophene rings is 1. The first-order valence-electron chi connectivity index (χ1n) is 4.51. The maximum atomic E-state index is 11.0. The minimum Gasteiger partial charge on any atom is -0.477 e. The van der Waals surface area contributed by atoms with Gasteiger partial charge in [0.05, 0.1) is 4.88 Å². The van der Waals surface area contributed by atoms with Gasteiger partial charge in [0.2, 0.25) is 0 Å². The van der Waals surface area contributed by atoms with Crippen molar-refractivity contribution in [1.29, 1.82) is 0 Å². The van der Waals surface area contributed by atoms with Gasteiger partial charge in [-0.1, -0.05) is 0 Å². The Hall–Kier alpha value is -0.920. The van der Waals surface area contributed by atoms with E-state index in [0.717, 1.165) is 9.35 Å². The molecule has 4 nitrogen and oxygen atoms in total. The van der Waals surface area contributed by atoms with Crippen molar-refractivity contribution in [3.8, 4) is 10.7 Å². The van der Waals surface area contributed by atoms with Gasteiger partial charge in [0.25, 0.3) is 0 Å². The number of hydrogen-bond donors (Lipinski definition) is 1. The summed E-state index contributed by atoms with van der Waals surface area (Å²) in [6.45, 7) is 0. The van der Waals surface area contributed by atoms with Crippen LogP contribution in [-0.4, -0.2) is 27.3 Å². The Labute approximate surface area is 114 Å². The summed E-state index contributed by atoms with van der Waals surface area (Å²) in [5.41, 5.74) is 0.0175. The highest BCUT2D eigenvalue weighted by molar-refractivity contribution is 9.10. The summed E-state index contributed by atoms with van der Waals surface area (Å²) >= 11 is 6.21. The lowest BCUT2D eigenvalue weighted by Gasteiger charge is -2.02. The second kappa shape index (κ2) is 5.16. The number of carboxylic acids is 1. The summed E-state index contributed by atoms with van der Waals surface area (Å²) in [4.78, 5) is 20.1. The molecule has 0 atom stereocenters. The van der Waals surface area contributed by atoms with Crippen LogP contribution in [0.5, 0.6) is 0 Å². The smallest absolute Gasteiger partial charge is 0.354 e. The predicted octanol–water partition coefficient (Wildman–Crippen LogP) is 3.39. The molecular weight excluding hydrogens is 324 g/mol. The summed E-state index contributed by atoms with van der Waals surface area (Å²) in [7, 11) is 0. The van der Waals surface area contributed by atoms with Crippen LogP contribution >= 0.6 is 39.0 Å². The molecule has 7 heteroatoms. The zero-order chi connectivity index (χ0) is 12.4. The van der Waals surface area contributed by atoms with Crippen molar-refractivity contribution in [3.05, 3.63) is 27.7 Å². The van der Waals surface area contributed by atoms with Crippen LogP contribution in [0.15, 0.2) is 27.0 Å². The molecule has 0 fully saturated rings. The molecule has 0 unspecified atom stereocenters. The molecule has 2 aromatic heterocycles. The van der Waals surface area contributed by atoms with E-state index in [9.17, 15) is 4.79 Å². The Morgan fingerprint density at radius 2 is 2.24 bits per heavy atom. The van der Waals surface area contributed by atoms with Gasteiger partial charge in [0.1, 0.15) is 5.03 Å². The Kier molecular flexibility index (Phi) is 3.80. The number of hydrogen-bond acceptors (Lipinski definition) is 5. The molecule has 2 heterocycles. The Balaban J connectivity index is 2.53. The monoisotopic (exact) mass is 330 g/mol. The van der Waals surface area contributed by atoms with Gasteiger partial charge in [-0.3, -0.25) is 0 Å². The van der Waals surface area contributed by atoms with E-state index in [1.54, 1.807) is 0 Å². The third kappa shape index (κ3) is 2.85. The van der Waals surface area contributed by atoms with E-state index < -0.39 is 5.97 Å². The number of carbonyl (C=O) groups is 1. The van der Waals surface area contributed by atoms with E-state index >= 15 is 0 Å². The highest BCUT2D eigenvalue weighted by atomic mass is 79.9. The van der Waals surface area contributed by atoms with Crippen molar-refractivity contribution in [3.63, 3.8) is 0 Å². The quantitative estimate of drug-likeness (QED) is 0.690. The molecule has 2 aromatic rings. The van der Waals surface area contributed by atoms with E-state index in [1.165, 1.54) is 29.2 Å². The van der Waals surface area contributed by atoms with Crippen molar-refractivity contribution in [2.45, 2.75) is 5.03 Å². The normalized spacial score (nSPS) is 10.5. The Morgan fingerprint density at radius 3 is 2.76 bits per heavy atom. The molecule has 0 radical (unpaired) electrons. The van der Waals surface area contributed by atoms with Crippen molar-refractivity contribution in [2.24, 2.45) is 0 Å². The lowest BCUT2D eigenvalue weighted by molar-refractivity contribution is 0.0690. The number of aromatic carboxylic acids is 1. The van der Waals surface area contributed by atoms with Crippen LogP contribution in [-0.2, 0) is 0 Å². The fourth-order valence-electron chi connectivity index (χ4n) is 1.18. The summed E-state index contributed by atoms with van der Waals surface area (Å²) in [5.74, 6) is -0.593. The summed E-state index contributed by atoms with van der Waals surface area (Å²) in [6.07, 6.45) is 1.85. The molecule has 0 aliphatic heterocycles. The number of aromatic nitrogens is 2. The lowest BCUT2D eigenvalue weighted by Crippen LogP contribution is -2.03. The average Bonchev–Trinajstić information content (AvgIpc) is 2.75. The molecule has 2 rings (SSSR count). The van der Waals surface area contributed by atoms with E-state index in [2.05, 4.69) is 25.9 Å². The fourth-order valence-corrected chi connectivity index (χ4v) is 2.95. The minimum absolute atomic E-state index is 0.0175. The Bertz CT molecular complexity index is 571. The molecule has 0 aliphatic carbocycles. The van der Waals surface area contributed by atoms with E-state index in [-0.39, 0.29) is 5.69 Å². The van der Waals surface area contributed by atoms with Crippen molar-refractivity contribution >= 4 is 45.0 Å². The maximum absolute atomic E-state index is 11.0. The minimum atomic E-state index is -1.04. The topological polar surface area (TPSA) is 63.1 Å². The molecule has 88 valence electrons. The first kappa shape index (κ1) is 12.5. The highest BCUT2D eigenvalue weighted by Gasteiger charge is 2.12. The number of nitrogens with zero attached hydrogens (tertiary/aromatic N) is 2. The summed E-state index contributed by atoms with van der Waals surface area (Å²) < 4.78 is 0.938. The number of halogens is 1. The summed E-state index contributed by atoms with van der Waals surface area (Å²) in [5, 5.41) is 11.5. The van der Waals surface area contributed by atoms with Crippen molar-refractivity contribution in [1.82, 2.24) is 9.97 Å². The van der Waals surface area contributed by atoms with Crippen LogP contribution in [0.3, 0.4) is 0 Å². The second-order valence-corrected chi connectivity index (χ2v) is 5.71. The van der Waals surface area contributed by atoms with Gasteiger partial charge in [0, 0.05) is 15.9 Å². The lowest BCUT2D eigenvalue weighted by atomic mass is 10.4. The molecule has 0 aliphatic rings. The highest BCUT2D eigenvalue weighted by Crippen LogP contribution is 2.28. The molecule has 0 bridgehead atoms. The van der Waals surface area contributed by atoms with Crippen LogP contribution in [0.4, 0.5) is 0 Å². The van der Waals surface area contributed by atoms with Crippen LogP contribution in [0.1, 0.15) is 10.5 Å². The van der Waals surface area contributed by atoms with Gasteiger partial charge in [-0.25, -0.2) is 14.8 Å². The largest absolute Gasteiger partial charge is 0.477 e. The van der Waals surface area contributed by atoms with Gasteiger partial charge in [-0.2, -0.15) is 0 Å². The van der Waals surface area contributed by atoms with Gasteiger partial charge in [-0.05, 0) is 28.3 Å². The third-order valence-electron chi connectivity index (χ3n) is 1.92. The Morgan fingerprint density at radius 1 is 1.47 bits per heavy atom. The molecule has 17 heavy (non-hydrogen) atoms. The molecule has 0 saturated carbocycles. The number of rotatable bonds is 3. The van der Waals surface area contributed by atoms with Crippen LogP contribution in [0.2, 0.25) is 0 Å². The third-order valence-corrected chi connectivity index (χ3v) is 4.23. The molecule has 1 N–H and O–H groups in total. The van der Waals surface area contributed by atoms with Gasteiger partial charge >= 0.3 is 5.97 Å². The van der Waals surface area contributed by atoms with Gasteiger partial charge in [-0.15, -0.1) is 23.1 Å². The molecule has 0 spiro atoms. The number of carboxylic acid groups (broad SMARTS) is 1.